The van der Waals surface area contributed by atoms with E-state index in [-0.39, 0.29) is 19.1 Å². The fraction of sp³-hybridized carbons (Fsp3) is 0.529. The van der Waals surface area contributed by atoms with Crippen LogP contribution in [-0.4, -0.2) is 48.9 Å². The first-order valence-electron chi connectivity index (χ1n) is 8.87. The Morgan fingerprint density at radius 1 is 1.10 bits per heavy atom. The summed E-state index contributed by atoms with van der Waals surface area (Å²) in [4.78, 5) is 28.7. The van der Waals surface area contributed by atoms with Gasteiger partial charge in [-0.05, 0) is 16.6 Å². The number of azide groups is 2. The smallest absolute Gasteiger partial charge is 0.217 e. The van der Waals surface area contributed by atoms with Crippen molar-refractivity contribution in [1.29, 1.82) is 0 Å². The topological polar surface area (TPSA) is 174 Å². The number of hydrogen-bond acceptors (Lipinski definition) is 6. The number of carbonyl (C=O) groups excluding carboxylic acids is 2. The lowest BCUT2D eigenvalue weighted by atomic mass is 9.92. The molecule has 2 rings (SSSR count). The predicted molar refractivity (Wildman–Crippen MR) is 102 cm³/mol. The van der Waals surface area contributed by atoms with E-state index in [1.165, 1.54) is 13.8 Å². The predicted octanol–water partition coefficient (Wildman–Crippen LogP) is 1.93. The molecule has 2 N–H and O–H groups in total. The normalized spacial score (nSPS) is 25.8. The van der Waals surface area contributed by atoms with Gasteiger partial charge in [-0.15, -0.1) is 0 Å². The number of nitrogens with zero attached hydrogens (tertiary/aromatic N) is 6. The maximum atomic E-state index is 11.7. The minimum atomic E-state index is -1.00. The molecular weight excluding hydrogens is 380 g/mol. The average Bonchev–Trinajstić information content (AvgIpc) is 2.69. The molecule has 0 unspecified atom stereocenters. The van der Waals surface area contributed by atoms with Crippen molar-refractivity contribution in [2.75, 3.05) is 6.54 Å². The lowest BCUT2D eigenvalue weighted by Gasteiger charge is -2.43. The van der Waals surface area contributed by atoms with Crippen molar-refractivity contribution in [3.8, 4) is 0 Å². The standard InChI is InChI=1S/C17H22N8O4/c1-10(26)20-8-13-14(22-24-18)15(23-25-19)16(21-11(2)27)17(29-13)28-9-12-6-4-3-5-7-12/h3-7,13-17H,8-9H2,1-2H3,(H,20,26)(H,21,27)/t13-,14-,15+,16+,17-/m0/s1. The van der Waals surface area contributed by atoms with Crippen LogP contribution in [0.2, 0.25) is 0 Å². The van der Waals surface area contributed by atoms with Crippen LogP contribution >= 0.6 is 0 Å². The summed E-state index contributed by atoms with van der Waals surface area (Å²) in [5, 5.41) is 12.7. The monoisotopic (exact) mass is 402 g/mol. The average molecular weight is 402 g/mol. The van der Waals surface area contributed by atoms with Gasteiger partial charge in [0.15, 0.2) is 6.29 Å². The first-order chi connectivity index (χ1) is 14.0. The Morgan fingerprint density at radius 3 is 2.34 bits per heavy atom. The summed E-state index contributed by atoms with van der Waals surface area (Å²) in [6, 6.07) is 6.46. The van der Waals surface area contributed by atoms with Gasteiger partial charge in [-0.3, -0.25) is 9.59 Å². The zero-order valence-electron chi connectivity index (χ0n) is 16.0. The Morgan fingerprint density at radius 2 is 1.76 bits per heavy atom. The molecule has 1 aromatic carbocycles. The molecule has 12 heteroatoms. The van der Waals surface area contributed by atoms with Gasteiger partial charge in [0.2, 0.25) is 11.8 Å². The van der Waals surface area contributed by atoms with Gasteiger partial charge in [0.05, 0.1) is 30.8 Å². The summed E-state index contributed by atoms with van der Waals surface area (Å²) >= 11 is 0. The quantitative estimate of drug-likeness (QED) is 0.384. The Balaban J connectivity index is 2.32. The second-order valence-corrected chi connectivity index (χ2v) is 6.39. The highest BCUT2D eigenvalue weighted by Gasteiger charge is 2.46. The van der Waals surface area contributed by atoms with Crippen LogP contribution in [-0.2, 0) is 25.7 Å². The van der Waals surface area contributed by atoms with Crippen LogP contribution in [0.15, 0.2) is 40.6 Å². The molecule has 1 heterocycles. The molecule has 1 aliphatic rings. The third kappa shape index (κ3) is 6.37. The van der Waals surface area contributed by atoms with Gasteiger partial charge >= 0.3 is 0 Å². The summed E-state index contributed by atoms with van der Waals surface area (Å²) in [5.41, 5.74) is 18.8. The molecule has 1 saturated heterocycles. The second-order valence-electron chi connectivity index (χ2n) is 6.39. The minimum absolute atomic E-state index is 0.00839. The van der Waals surface area contributed by atoms with Crippen molar-refractivity contribution >= 4 is 11.8 Å². The highest BCUT2D eigenvalue weighted by molar-refractivity contribution is 5.73. The van der Waals surface area contributed by atoms with E-state index in [4.69, 9.17) is 20.5 Å². The largest absolute Gasteiger partial charge is 0.354 e. The van der Waals surface area contributed by atoms with E-state index in [1.807, 2.05) is 30.3 Å². The van der Waals surface area contributed by atoms with E-state index in [9.17, 15) is 9.59 Å². The number of ether oxygens (including phenoxy) is 2. The van der Waals surface area contributed by atoms with Crippen molar-refractivity contribution in [3.63, 3.8) is 0 Å². The molecule has 1 fully saturated rings. The molecule has 0 aliphatic carbocycles. The van der Waals surface area contributed by atoms with Crippen LogP contribution in [0, 0.1) is 0 Å². The third-order valence-electron chi connectivity index (χ3n) is 4.25. The molecule has 0 radical (unpaired) electrons. The van der Waals surface area contributed by atoms with Gasteiger partial charge in [0.25, 0.3) is 0 Å². The van der Waals surface area contributed by atoms with E-state index in [2.05, 4.69) is 30.7 Å². The van der Waals surface area contributed by atoms with Crippen LogP contribution in [0.5, 0.6) is 0 Å². The molecule has 5 atom stereocenters. The number of benzene rings is 1. The molecular formula is C17H22N8O4. The van der Waals surface area contributed by atoms with Gasteiger partial charge in [-0.2, -0.15) is 0 Å². The lowest BCUT2D eigenvalue weighted by molar-refractivity contribution is -0.220. The molecule has 12 nitrogen and oxygen atoms in total. The van der Waals surface area contributed by atoms with E-state index < -0.39 is 36.4 Å². The first kappa shape index (κ1) is 22.0. The van der Waals surface area contributed by atoms with Crippen LogP contribution in [0.25, 0.3) is 20.9 Å². The lowest BCUT2D eigenvalue weighted by Crippen LogP contribution is -2.64. The van der Waals surface area contributed by atoms with Crippen LogP contribution in [0.4, 0.5) is 0 Å². The Labute approximate surface area is 166 Å². The van der Waals surface area contributed by atoms with Crippen LogP contribution < -0.4 is 10.6 Å². The summed E-state index contributed by atoms with van der Waals surface area (Å²) in [5.74, 6) is -0.704. The van der Waals surface area contributed by atoms with Crippen molar-refractivity contribution in [1.82, 2.24) is 10.6 Å². The molecule has 0 spiro atoms. The van der Waals surface area contributed by atoms with Gasteiger partial charge < -0.3 is 20.1 Å². The maximum absolute atomic E-state index is 11.7. The molecule has 1 aromatic rings. The number of carbonyl (C=O) groups is 2. The van der Waals surface area contributed by atoms with Crippen molar-refractivity contribution in [2.24, 2.45) is 10.2 Å². The van der Waals surface area contributed by atoms with Gasteiger partial charge in [0, 0.05) is 30.2 Å². The molecule has 29 heavy (non-hydrogen) atoms. The zero-order chi connectivity index (χ0) is 21.2. The molecule has 0 bridgehead atoms. The SMILES string of the molecule is CC(=O)NC[C@@H]1O[C@H](OCc2ccccc2)[C@H](NC(C)=O)[C@H](N=[N+]=[N-])[C@H]1N=[N+]=[N-]. The Bertz CT molecular complexity index is 807. The molecule has 154 valence electrons. The number of hydrogen-bond donors (Lipinski definition) is 2. The van der Waals surface area contributed by atoms with Crippen molar-refractivity contribution in [2.45, 2.75) is 51.0 Å². The van der Waals surface area contributed by atoms with Gasteiger partial charge in [0.1, 0.15) is 0 Å². The molecule has 2 amide bonds. The summed E-state index contributed by atoms with van der Waals surface area (Å²) in [7, 11) is 0. The Hall–Kier alpha value is -3.30. The Kier molecular flexibility index (Phi) is 8.26. The molecule has 1 aliphatic heterocycles. The molecule has 0 saturated carbocycles. The van der Waals surface area contributed by atoms with Crippen LogP contribution in [0.3, 0.4) is 0 Å². The third-order valence-corrected chi connectivity index (χ3v) is 4.25. The number of nitrogens with one attached hydrogen (secondary N) is 2. The minimum Gasteiger partial charge on any atom is -0.354 e. The van der Waals surface area contributed by atoms with E-state index in [0.717, 1.165) is 5.56 Å². The maximum Gasteiger partial charge on any atom is 0.217 e. The fourth-order valence-electron chi connectivity index (χ4n) is 3.03. The van der Waals surface area contributed by atoms with Crippen molar-refractivity contribution in [3.05, 3.63) is 56.8 Å². The zero-order valence-corrected chi connectivity index (χ0v) is 16.0. The van der Waals surface area contributed by atoms with Gasteiger partial charge in [-0.25, -0.2) is 0 Å². The van der Waals surface area contributed by atoms with E-state index in [0.29, 0.717) is 0 Å². The van der Waals surface area contributed by atoms with Crippen LogP contribution in [0.1, 0.15) is 19.4 Å². The van der Waals surface area contributed by atoms with Crippen molar-refractivity contribution < 1.29 is 19.1 Å². The number of rotatable bonds is 8. The first-order valence-corrected chi connectivity index (χ1v) is 8.87. The summed E-state index contributed by atoms with van der Waals surface area (Å²) in [6.45, 7) is 2.81. The fourth-order valence-corrected chi connectivity index (χ4v) is 3.03. The van der Waals surface area contributed by atoms with E-state index in [1.54, 1.807) is 0 Å². The highest BCUT2D eigenvalue weighted by Crippen LogP contribution is 2.28. The molecule has 0 aromatic heterocycles. The summed E-state index contributed by atoms with van der Waals surface area (Å²) in [6.07, 6.45) is -1.82. The highest BCUT2D eigenvalue weighted by atomic mass is 16.7. The van der Waals surface area contributed by atoms with Gasteiger partial charge in [-0.1, -0.05) is 40.6 Å². The number of amides is 2. The summed E-state index contributed by atoms with van der Waals surface area (Å²) < 4.78 is 11.8. The second kappa shape index (κ2) is 10.9. The van der Waals surface area contributed by atoms with E-state index >= 15 is 0 Å².